The molecule has 0 aliphatic carbocycles. The van der Waals surface area contributed by atoms with Crippen LogP contribution in [-0.2, 0) is 4.79 Å². The summed E-state index contributed by atoms with van der Waals surface area (Å²) < 4.78 is 96.8. The van der Waals surface area contributed by atoms with Crippen molar-refractivity contribution in [3.8, 4) is 0 Å². The molecule has 1 nitrogen and oxygen atoms in total. The van der Waals surface area contributed by atoms with E-state index in [9.17, 15) is 39.9 Å². The smallest absolute Gasteiger partial charge is 0.292 e. The van der Waals surface area contributed by atoms with Gasteiger partial charge in [-0.1, -0.05) is 0 Å². The van der Waals surface area contributed by atoms with Crippen molar-refractivity contribution in [2.24, 2.45) is 0 Å². The van der Waals surface area contributed by atoms with E-state index in [2.05, 4.69) is 0 Å². The molecule has 2 atom stereocenters. The fourth-order valence-electron chi connectivity index (χ4n) is 0.698. The predicted molar refractivity (Wildman–Crippen MR) is 36.1 cm³/mol. The number of halogens is 8. The SMILES string of the molecule is CC(F)(C(=O)C(C)(F)C(F)(F)F)C(F)(F)F. The Morgan fingerprint density at radius 2 is 0.875 bits per heavy atom. The van der Waals surface area contributed by atoms with Crippen molar-refractivity contribution in [3.63, 3.8) is 0 Å². The van der Waals surface area contributed by atoms with Crippen LogP contribution in [0.25, 0.3) is 0 Å². The zero-order chi connectivity index (χ0) is 13.6. The Balaban J connectivity index is 5.40. The van der Waals surface area contributed by atoms with Gasteiger partial charge < -0.3 is 0 Å². The molecule has 0 N–H and O–H groups in total. The number of ketones is 1. The lowest BCUT2D eigenvalue weighted by Crippen LogP contribution is -2.58. The number of carbonyl (C=O) groups is 1. The van der Waals surface area contributed by atoms with Crippen molar-refractivity contribution in [2.45, 2.75) is 37.5 Å². The number of alkyl halides is 8. The van der Waals surface area contributed by atoms with Gasteiger partial charge in [0.15, 0.2) is 0 Å². The van der Waals surface area contributed by atoms with Gasteiger partial charge in [0.25, 0.3) is 11.3 Å². The zero-order valence-electron chi connectivity index (χ0n) is 7.93. The van der Waals surface area contributed by atoms with Gasteiger partial charge >= 0.3 is 12.4 Å². The summed E-state index contributed by atoms with van der Waals surface area (Å²) in [6.07, 6.45) is -11.8. The van der Waals surface area contributed by atoms with Crippen LogP contribution in [0.5, 0.6) is 0 Å². The van der Waals surface area contributed by atoms with Crippen LogP contribution in [0.1, 0.15) is 13.8 Å². The van der Waals surface area contributed by atoms with Crippen LogP contribution in [0.15, 0.2) is 0 Å². The molecule has 0 bridgehead atoms. The fourth-order valence-corrected chi connectivity index (χ4v) is 0.698. The average Bonchev–Trinajstić information content (AvgIpc) is 1.98. The topological polar surface area (TPSA) is 17.1 Å². The first-order valence-electron chi connectivity index (χ1n) is 3.72. The van der Waals surface area contributed by atoms with Gasteiger partial charge in [0.05, 0.1) is 0 Å². The van der Waals surface area contributed by atoms with E-state index in [1.54, 1.807) is 0 Å². The standard InChI is InChI=1S/C7H6F8O/c1-4(8,6(10,11)12)3(16)5(2,9)7(13,14)15/h1-2H3. The second-order valence-corrected chi connectivity index (χ2v) is 3.33. The molecule has 0 rings (SSSR count). The molecule has 0 aromatic rings. The maximum absolute atomic E-state index is 12.8. The molecule has 9 heteroatoms. The number of hydrogen-bond acceptors (Lipinski definition) is 1. The van der Waals surface area contributed by atoms with Crippen molar-refractivity contribution in [1.82, 2.24) is 0 Å². The highest BCUT2D eigenvalue weighted by Gasteiger charge is 2.69. The van der Waals surface area contributed by atoms with Gasteiger partial charge in [-0.2, -0.15) is 26.3 Å². The summed E-state index contributed by atoms with van der Waals surface area (Å²) in [5.74, 6) is -3.22. The normalized spacial score (nSPS) is 21.1. The van der Waals surface area contributed by atoms with Crippen LogP contribution in [-0.4, -0.2) is 29.5 Å². The molecule has 16 heavy (non-hydrogen) atoms. The van der Waals surface area contributed by atoms with E-state index in [1.807, 2.05) is 0 Å². The van der Waals surface area contributed by atoms with E-state index in [1.165, 1.54) is 0 Å². The molecule has 0 spiro atoms. The second kappa shape index (κ2) is 3.56. The van der Waals surface area contributed by atoms with Crippen LogP contribution in [0.2, 0.25) is 0 Å². The van der Waals surface area contributed by atoms with Crippen LogP contribution < -0.4 is 0 Å². The van der Waals surface area contributed by atoms with Crippen LogP contribution >= 0.6 is 0 Å². The second-order valence-electron chi connectivity index (χ2n) is 3.33. The van der Waals surface area contributed by atoms with E-state index in [4.69, 9.17) is 0 Å². The molecule has 0 radical (unpaired) electrons. The Morgan fingerprint density at radius 1 is 0.688 bits per heavy atom. The summed E-state index contributed by atoms with van der Waals surface area (Å²) >= 11 is 0. The van der Waals surface area contributed by atoms with Crippen LogP contribution in [0, 0.1) is 0 Å². The Labute approximate surface area is 84.4 Å². The number of hydrogen-bond donors (Lipinski definition) is 0. The molecule has 96 valence electrons. The minimum absolute atomic E-state index is 0.459. The van der Waals surface area contributed by atoms with Gasteiger partial charge in [0.2, 0.25) is 5.78 Å². The summed E-state index contributed by atoms with van der Waals surface area (Å²) in [6.45, 7) is -0.919. The molecule has 0 aromatic heterocycles. The highest BCUT2D eigenvalue weighted by molar-refractivity contribution is 5.95. The minimum atomic E-state index is -5.91. The maximum Gasteiger partial charge on any atom is 0.429 e. The number of Topliss-reactive ketones (excluding diaryl/α,β-unsaturated/α-hetero) is 1. The quantitative estimate of drug-likeness (QED) is 0.695. The summed E-state index contributed by atoms with van der Waals surface area (Å²) in [6, 6.07) is 0. The highest BCUT2D eigenvalue weighted by atomic mass is 19.4. The molecule has 0 heterocycles. The third kappa shape index (κ3) is 2.27. The van der Waals surface area contributed by atoms with Gasteiger partial charge in [-0.25, -0.2) is 8.78 Å². The van der Waals surface area contributed by atoms with Gasteiger partial charge in [0, 0.05) is 0 Å². The molecular weight excluding hydrogens is 252 g/mol. The highest BCUT2D eigenvalue weighted by Crippen LogP contribution is 2.43. The first-order chi connectivity index (χ1) is 6.65. The Bertz CT molecular complexity index is 256. The maximum atomic E-state index is 12.8. The number of carbonyl (C=O) groups excluding carboxylic acids is 1. The molecule has 0 aromatic carbocycles. The van der Waals surface area contributed by atoms with Gasteiger partial charge in [-0.15, -0.1) is 0 Å². The van der Waals surface area contributed by atoms with E-state index in [-0.39, 0.29) is 0 Å². The van der Waals surface area contributed by atoms with Gasteiger partial charge in [0.1, 0.15) is 0 Å². The van der Waals surface area contributed by atoms with E-state index in [0.717, 1.165) is 0 Å². The van der Waals surface area contributed by atoms with Crippen molar-refractivity contribution in [1.29, 1.82) is 0 Å². The van der Waals surface area contributed by atoms with E-state index >= 15 is 0 Å². The zero-order valence-corrected chi connectivity index (χ0v) is 7.93. The van der Waals surface area contributed by atoms with Crippen molar-refractivity contribution < 1.29 is 39.9 Å². The van der Waals surface area contributed by atoms with Gasteiger partial charge in [-0.05, 0) is 13.8 Å². The summed E-state index contributed by atoms with van der Waals surface area (Å²) in [5, 5.41) is 0. The third-order valence-electron chi connectivity index (χ3n) is 1.92. The molecule has 0 amide bonds. The summed E-state index contributed by atoms with van der Waals surface area (Å²) in [7, 11) is 0. The largest absolute Gasteiger partial charge is 0.429 e. The lowest BCUT2D eigenvalue weighted by molar-refractivity contribution is -0.252. The summed E-state index contributed by atoms with van der Waals surface area (Å²) in [5.41, 5.74) is -9.79. The van der Waals surface area contributed by atoms with Gasteiger partial charge in [-0.3, -0.25) is 4.79 Å². The molecule has 0 aliphatic heterocycles. The molecule has 2 unspecified atom stereocenters. The Hall–Kier alpha value is -0.890. The molecule has 0 aliphatic rings. The molecule has 0 saturated heterocycles. The molecular formula is C7H6F8O. The van der Waals surface area contributed by atoms with Crippen molar-refractivity contribution >= 4 is 5.78 Å². The van der Waals surface area contributed by atoms with Crippen LogP contribution in [0.4, 0.5) is 35.1 Å². The molecule has 0 fully saturated rings. The minimum Gasteiger partial charge on any atom is -0.292 e. The van der Waals surface area contributed by atoms with E-state index in [0.29, 0.717) is 0 Å². The van der Waals surface area contributed by atoms with E-state index < -0.39 is 43.3 Å². The lowest BCUT2D eigenvalue weighted by atomic mass is 9.89. The average molecular weight is 258 g/mol. The lowest BCUT2D eigenvalue weighted by Gasteiger charge is -2.30. The summed E-state index contributed by atoms with van der Waals surface area (Å²) in [4.78, 5) is 10.6. The monoisotopic (exact) mass is 258 g/mol. The predicted octanol–water partition coefficient (Wildman–Crippen LogP) is 3.14. The van der Waals surface area contributed by atoms with Crippen LogP contribution in [0.3, 0.4) is 0 Å². The fraction of sp³-hybridized carbons (Fsp3) is 0.857. The van der Waals surface area contributed by atoms with Crippen molar-refractivity contribution in [2.75, 3.05) is 0 Å². The Morgan fingerprint density at radius 3 is 1.00 bits per heavy atom. The third-order valence-corrected chi connectivity index (χ3v) is 1.92. The number of rotatable bonds is 2. The Kier molecular flexibility index (Phi) is 3.36. The van der Waals surface area contributed by atoms with Crippen molar-refractivity contribution in [3.05, 3.63) is 0 Å². The first kappa shape index (κ1) is 15.1. The first-order valence-corrected chi connectivity index (χ1v) is 3.72. The molecule has 0 saturated carbocycles.